The van der Waals surface area contributed by atoms with Crippen molar-refractivity contribution in [3.63, 3.8) is 0 Å². The molecule has 1 fully saturated rings. The number of aryl methyl sites for hydroxylation is 1. The van der Waals surface area contributed by atoms with Gasteiger partial charge in [-0.3, -0.25) is 14.4 Å². The maximum absolute atomic E-state index is 12.5. The van der Waals surface area contributed by atoms with Crippen molar-refractivity contribution in [1.82, 2.24) is 19.6 Å². The van der Waals surface area contributed by atoms with Crippen molar-refractivity contribution in [2.45, 2.75) is 45.7 Å². The van der Waals surface area contributed by atoms with E-state index >= 15 is 0 Å². The molecule has 0 spiro atoms. The van der Waals surface area contributed by atoms with E-state index in [1.807, 2.05) is 10.9 Å². The van der Waals surface area contributed by atoms with Gasteiger partial charge in [0, 0.05) is 57.4 Å². The molecule has 0 N–H and O–H groups in total. The first-order chi connectivity index (χ1) is 11.2. The van der Waals surface area contributed by atoms with Gasteiger partial charge in [-0.2, -0.15) is 5.10 Å². The quantitative estimate of drug-likeness (QED) is 0.783. The molecule has 3 rings (SSSR count). The molecule has 23 heavy (non-hydrogen) atoms. The van der Waals surface area contributed by atoms with Gasteiger partial charge in [-0.1, -0.05) is 12.2 Å². The van der Waals surface area contributed by atoms with Crippen molar-refractivity contribution in [2.75, 3.05) is 26.2 Å². The van der Waals surface area contributed by atoms with Gasteiger partial charge in [-0.15, -0.1) is 0 Å². The summed E-state index contributed by atoms with van der Waals surface area (Å²) < 4.78 is 1.97. The topological polar surface area (TPSA) is 41.4 Å². The molecular weight excluding hydrogens is 288 g/mol. The van der Waals surface area contributed by atoms with Crippen LogP contribution in [0.2, 0.25) is 0 Å². The molecule has 2 aliphatic rings. The second-order valence-corrected chi connectivity index (χ2v) is 6.68. The average molecular weight is 316 g/mol. The third kappa shape index (κ3) is 4.44. The number of rotatable bonds is 5. The lowest BCUT2D eigenvalue weighted by atomic mass is 10.0. The molecule has 1 atom stereocenters. The molecule has 1 aromatic heterocycles. The van der Waals surface area contributed by atoms with Crippen LogP contribution < -0.4 is 0 Å². The van der Waals surface area contributed by atoms with Crippen molar-refractivity contribution < 1.29 is 4.79 Å². The van der Waals surface area contributed by atoms with Crippen LogP contribution in [-0.2, 0) is 17.9 Å². The minimum Gasteiger partial charge on any atom is -0.341 e. The van der Waals surface area contributed by atoms with Crippen molar-refractivity contribution in [3.05, 3.63) is 30.1 Å². The van der Waals surface area contributed by atoms with Crippen molar-refractivity contribution >= 4 is 5.91 Å². The van der Waals surface area contributed by atoms with Gasteiger partial charge in [0.2, 0.25) is 5.91 Å². The van der Waals surface area contributed by atoms with Gasteiger partial charge in [0.15, 0.2) is 0 Å². The number of carbonyl (C=O) groups is 1. The molecule has 1 unspecified atom stereocenters. The zero-order chi connectivity index (χ0) is 16.1. The molecule has 0 saturated carbocycles. The highest BCUT2D eigenvalue weighted by molar-refractivity contribution is 5.76. The summed E-state index contributed by atoms with van der Waals surface area (Å²) in [6.45, 7) is 7.74. The highest BCUT2D eigenvalue weighted by atomic mass is 16.2. The lowest BCUT2D eigenvalue weighted by molar-refractivity contribution is -0.131. The Bertz CT molecular complexity index is 551. The Morgan fingerprint density at radius 1 is 1.30 bits per heavy atom. The SMILES string of the molecule is CCn1cc(CN2CCCN(C(=O)CC3C=CCC3)CC2)cn1. The summed E-state index contributed by atoms with van der Waals surface area (Å²) in [7, 11) is 0. The Balaban J connectivity index is 1.48. The van der Waals surface area contributed by atoms with E-state index in [1.54, 1.807) is 0 Å². The fraction of sp³-hybridized carbons (Fsp3) is 0.667. The van der Waals surface area contributed by atoms with E-state index in [4.69, 9.17) is 0 Å². The number of hydrogen-bond acceptors (Lipinski definition) is 3. The number of hydrogen-bond donors (Lipinski definition) is 0. The Morgan fingerprint density at radius 3 is 2.96 bits per heavy atom. The molecule has 0 radical (unpaired) electrons. The lowest BCUT2D eigenvalue weighted by Gasteiger charge is -2.22. The largest absolute Gasteiger partial charge is 0.341 e. The molecule has 1 aromatic rings. The molecule has 2 heterocycles. The van der Waals surface area contributed by atoms with Crippen LogP contribution in [0.5, 0.6) is 0 Å². The van der Waals surface area contributed by atoms with Crippen LogP contribution in [0.15, 0.2) is 24.5 Å². The Labute approximate surface area is 138 Å². The van der Waals surface area contributed by atoms with Crippen LogP contribution in [0.25, 0.3) is 0 Å². The zero-order valence-electron chi connectivity index (χ0n) is 14.2. The van der Waals surface area contributed by atoms with Crippen molar-refractivity contribution in [2.24, 2.45) is 5.92 Å². The van der Waals surface area contributed by atoms with Crippen LogP contribution in [0.1, 0.15) is 38.2 Å². The minimum absolute atomic E-state index is 0.335. The van der Waals surface area contributed by atoms with Gasteiger partial charge in [-0.25, -0.2) is 0 Å². The molecule has 1 saturated heterocycles. The van der Waals surface area contributed by atoms with E-state index < -0.39 is 0 Å². The first kappa shape index (κ1) is 16.2. The molecule has 1 aliphatic carbocycles. The van der Waals surface area contributed by atoms with E-state index in [9.17, 15) is 4.79 Å². The fourth-order valence-corrected chi connectivity index (χ4v) is 3.52. The molecule has 0 aromatic carbocycles. The molecule has 5 nitrogen and oxygen atoms in total. The van der Waals surface area contributed by atoms with E-state index in [2.05, 4.69) is 40.2 Å². The molecule has 1 aliphatic heterocycles. The zero-order valence-corrected chi connectivity index (χ0v) is 14.2. The van der Waals surface area contributed by atoms with Crippen LogP contribution in [0.3, 0.4) is 0 Å². The second-order valence-electron chi connectivity index (χ2n) is 6.68. The second kappa shape index (κ2) is 7.77. The third-order valence-corrected chi connectivity index (χ3v) is 4.91. The monoisotopic (exact) mass is 316 g/mol. The lowest BCUT2D eigenvalue weighted by Crippen LogP contribution is -2.35. The van der Waals surface area contributed by atoms with Crippen LogP contribution in [0, 0.1) is 5.92 Å². The summed E-state index contributed by atoms with van der Waals surface area (Å²) in [6, 6.07) is 0. The predicted octanol–water partition coefficient (Wildman–Crippen LogP) is 2.29. The molecule has 5 heteroatoms. The van der Waals surface area contributed by atoms with Gasteiger partial charge < -0.3 is 4.90 Å². The summed E-state index contributed by atoms with van der Waals surface area (Å²) in [5, 5.41) is 4.34. The highest BCUT2D eigenvalue weighted by Gasteiger charge is 2.22. The van der Waals surface area contributed by atoms with E-state index in [0.29, 0.717) is 18.2 Å². The molecule has 1 amide bonds. The number of carbonyl (C=O) groups excluding carboxylic acids is 1. The molecule has 126 valence electrons. The van der Waals surface area contributed by atoms with E-state index in [0.717, 1.165) is 58.5 Å². The van der Waals surface area contributed by atoms with Gasteiger partial charge in [-0.05, 0) is 32.1 Å². The van der Waals surface area contributed by atoms with Crippen LogP contribution in [-0.4, -0.2) is 51.7 Å². The summed E-state index contributed by atoms with van der Waals surface area (Å²) in [6.07, 6.45) is 12.5. The molecule has 0 bridgehead atoms. The maximum Gasteiger partial charge on any atom is 0.223 e. The molecular formula is C18H28N4O. The fourth-order valence-electron chi connectivity index (χ4n) is 3.52. The Hall–Kier alpha value is -1.62. The van der Waals surface area contributed by atoms with Gasteiger partial charge in [0.25, 0.3) is 0 Å². The Morgan fingerprint density at radius 2 is 2.22 bits per heavy atom. The summed E-state index contributed by atoms with van der Waals surface area (Å²) >= 11 is 0. The average Bonchev–Trinajstić information content (AvgIpc) is 3.16. The van der Waals surface area contributed by atoms with Crippen LogP contribution in [0.4, 0.5) is 0 Å². The van der Waals surface area contributed by atoms with E-state index in [-0.39, 0.29) is 0 Å². The first-order valence-electron chi connectivity index (χ1n) is 8.92. The van der Waals surface area contributed by atoms with Crippen molar-refractivity contribution in [3.8, 4) is 0 Å². The minimum atomic E-state index is 0.335. The van der Waals surface area contributed by atoms with E-state index in [1.165, 1.54) is 5.56 Å². The number of allylic oxidation sites excluding steroid dienone is 2. The van der Waals surface area contributed by atoms with Gasteiger partial charge >= 0.3 is 0 Å². The summed E-state index contributed by atoms with van der Waals surface area (Å²) in [5.41, 5.74) is 1.27. The number of nitrogens with zero attached hydrogens (tertiary/aromatic N) is 4. The summed E-state index contributed by atoms with van der Waals surface area (Å²) in [5.74, 6) is 0.809. The van der Waals surface area contributed by atoms with Crippen LogP contribution >= 0.6 is 0 Å². The normalized spacial score (nSPS) is 22.5. The van der Waals surface area contributed by atoms with Gasteiger partial charge in [0.05, 0.1) is 6.20 Å². The van der Waals surface area contributed by atoms with Gasteiger partial charge in [0.1, 0.15) is 0 Å². The number of amides is 1. The summed E-state index contributed by atoms with van der Waals surface area (Å²) in [4.78, 5) is 17.0. The maximum atomic E-state index is 12.5. The van der Waals surface area contributed by atoms with Crippen molar-refractivity contribution in [1.29, 1.82) is 0 Å². The third-order valence-electron chi connectivity index (χ3n) is 4.91. The standard InChI is InChI=1S/C18H28N4O/c1-2-22-15-17(13-19-22)14-20-8-5-9-21(11-10-20)18(23)12-16-6-3-4-7-16/h3,6,13,15-16H,2,4-5,7-12,14H2,1H3. The Kier molecular flexibility index (Phi) is 5.49. The highest BCUT2D eigenvalue weighted by Crippen LogP contribution is 2.21. The smallest absolute Gasteiger partial charge is 0.223 e. The first-order valence-corrected chi connectivity index (χ1v) is 8.92. The predicted molar refractivity (Wildman–Crippen MR) is 90.9 cm³/mol. The number of aromatic nitrogens is 2.